The van der Waals surface area contributed by atoms with Crippen molar-refractivity contribution in [2.24, 2.45) is 11.8 Å². The van der Waals surface area contributed by atoms with Gasteiger partial charge in [0.05, 0.1) is 12.1 Å². The minimum atomic E-state index is 0.0513. The third kappa shape index (κ3) is 4.69. The van der Waals surface area contributed by atoms with Gasteiger partial charge in [-0.1, -0.05) is 25.1 Å². The average molecular weight is 396 g/mol. The predicted molar refractivity (Wildman–Crippen MR) is 110 cm³/mol. The number of nitrogens with zero attached hydrogens (tertiary/aromatic N) is 3. The Morgan fingerprint density at radius 2 is 1.83 bits per heavy atom. The Kier molecular flexibility index (Phi) is 5.97. The zero-order valence-electron chi connectivity index (χ0n) is 17.0. The second-order valence-corrected chi connectivity index (χ2v) is 8.37. The van der Waals surface area contributed by atoms with Crippen LogP contribution in [-0.4, -0.2) is 52.8 Å². The Labute approximate surface area is 171 Å². The van der Waals surface area contributed by atoms with E-state index in [4.69, 9.17) is 4.42 Å². The van der Waals surface area contributed by atoms with E-state index in [0.29, 0.717) is 30.6 Å². The molecule has 0 radical (unpaired) electrons. The van der Waals surface area contributed by atoms with Crippen molar-refractivity contribution in [3.63, 3.8) is 0 Å². The summed E-state index contributed by atoms with van der Waals surface area (Å²) in [5.41, 5.74) is 1.55. The molecular weight excluding hydrogens is 366 g/mol. The molecule has 0 spiro atoms. The second-order valence-electron chi connectivity index (χ2n) is 8.37. The Morgan fingerprint density at radius 1 is 1.07 bits per heavy atom. The molecule has 1 unspecified atom stereocenters. The van der Waals surface area contributed by atoms with Crippen LogP contribution in [0.5, 0.6) is 0 Å². The quantitative estimate of drug-likeness (QED) is 0.796. The van der Waals surface area contributed by atoms with Crippen LogP contribution in [0.1, 0.15) is 38.3 Å². The van der Waals surface area contributed by atoms with E-state index in [2.05, 4.69) is 11.9 Å². The highest BCUT2D eigenvalue weighted by Gasteiger charge is 2.31. The van der Waals surface area contributed by atoms with E-state index in [0.717, 1.165) is 37.9 Å². The SMILES string of the molecule is CC1CCCN(C(=O)C2CCN(C(=O)Cc3coc(-c4ccccc4)n3)CC2)C1. The van der Waals surface area contributed by atoms with Crippen molar-refractivity contribution < 1.29 is 14.0 Å². The van der Waals surface area contributed by atoms with E-state index in [1.165, 1.54) is 6.42 Å². The van der Waals surface area contributed by atoms with Crippen LogP contribution in [0.25, 0.3) is 11.5 Å². The summed E-state index contributed by atoms with van der Waals surface area (Å²) >= 11 is 0. The summed E-state index contributed by atoms with van der Waals surface area (Å²) < 4.78 is 5.53. The molecule has 1 aromatic heterocycles. The number of rotatable bonds is 4. The molecule has 6 nitrogen and oxygen atoms in total. The van der Waals surface area contributed by atoms with E-state index in [1.54, 1.807) is 6.26 Å². The second kappa shape index (κ2) is 8.80. The Hall–Kier alpha value is -2.63. The summed E-state index contributed by atoms with van der Waals surface area (Å²) in [7, 11) is 0. The lowest BCUT2D eigenvalue weighted by molar-refractivity contribution is -0.141. The molecule has 2 amide bonds. The predicted octanol–water partition coefficient (Wildman–Crippen LogP) is 3.38. The van der Waals surface area contributed by atoms with Crippen LogP contribution >= 0.6 is 0 Å². The fourth-order valence-electron chi connectivity index (χ4n) is 4.39. The number of likely N-dealkylation sites (tertiary alicyclic amines) is 2. The van der Waals surface area contributed by atoms with Gasteiger partial charge >= 0.3 is 0 Å². The van der Waals surface area contributed by atoms with Gasteiger partial charge in [-0.15, -0.1) is 0 Å². The van der Waals surface area contributed by atoms with Gasteiger partial charge in [0.25, 0.3) is 0 Å². The molecule has 2 aliphatic heterocycles. The summed E-state index contributed by atoms with van der Waals surface area (Å²) in [5.74, 6) is 1.52. The van der Waals surface area contributed by atoms with Crippen LogP contribution in [0.4, 0.5) is 0 Å². The molecule has 0 N–H and O–H groups in total. The lowest BCUT2D eigenvalue weighted by Gasteiger charge is -2.37. The first-order valence-corrected chi connectivity index (χ1v) is 10.7. The van der Waals surface area contributed by atoms with Gasteiger partial charge in [-0.25, -0.2) is 4.98 Å². The summed E-state index contributed by atoms with van der Waals surface area (Å²) in [6, 6.07) is 9.67. The monoisotopic (exact) mass is 395 g/mol. The fraction of sp³-hybridized carbons (Fsp3) is 0.522. The number of oxazole rings is 1. The van der Waals surface area contributed by atoms with Crippen molar-refractivity contribution in [3.05, 3.63) is 42.3 Å². The first kappa shape index (κ1) is 19.7. The first-order chi connectivity index (χ1) is 14.1. The highest BCUT2D eigenvalue weighted by Crippen LogP contribution is 2.24. The molecule has 1 atom stereocenters. The van der Waals surface area contributed by atoms with E-state index in [9.17, 15) is 9.59 Å². The molecule has 154 valence electrons. The fourth-order valence-corrected chi connectivity index (χ4v) is 4.39. The third-order valence-corrected chi connectivity index (χ3v) is 6.07. The Morgan fingerprint density at radius 3 is 2.55 bits per heavy atom. The molecule has 0 bridgehead atoms. The first-order valence-electron chi connectivity index (χ1n) is 10.7. The van der Waals surface area contributed by atoms with Crippen LogP contribution in [0, 0.1) is 11.8 Å². The van der Waals surface area contributed by atoms with E-state index in [-0.39, 0.29) is 24.2 Å². The van der Waals surface area contributed by atoms with Crippen LogP contribution in [0.15, 0.2) is 41.0 Å². The van der Waals surface area contributed by atoms with Crippen molar-refractivity contribution in [3.8, 4) is 11.5 Å². The van der Waals surface area contributed by atoms with Gasteiger partial charge < -0.3 is 14.2 Å². The molecule has 0 saturated carbocycles. The minimum absolute atomic E-state index is 0.0513. The number of hydrogen-bond donors (Lipinski definition) is 0. The minimum Gasteiger partial charge on any atom is -0.444 e. The Balaban J connectivity index is 1.28. The van der Waals surface area contributed by atoms with Gasteiger partial charge in [-0.05, 0) is 43.7 Å². The number of hydrogen-bond acceptors (Lipinski definition) is 4. The number of carbonyl (C=O) groups excluding carboxylic acids is 2. The van der Waals surface area contributed by atoms with Gasteiger partial charge in [-0.2, -0.15) is 0 Å². The summed E-state index contributed by atoms with van der Waals surface area (Å²) in [5, 5.41) is 0. The normalized spacial score (nSPS) is 20.7. The van der Waals surface area contributed by atoms with Gasteiger partial charge in [-0.3, -0.25) is 9.59 Å². The maximum atomic E-state index is 12.8. The van der Waals surface area contributed by atoms with Crippen molar-refractivity contribution in [1.29, 1.82) is 0 Å². The topological polar surface area (TPSA) is 66.7 Å². The van der Waals surface area contributed by atoms with E-state index >= 15 is 0 Å². The molecule has 2 fully saturated rings. The summed E-state index contributed by atoms with van der Waals surface area (Å²) in [4.78, 5) is 33.8. The maximum absolute atomic E-state index is 12.8. The molecule has 29 heavy (non-hydrogen) atoms. The zero-order chi connectivity index (χ0) is 20.2. The zero-order valence-corrected chi connectivity index (χ0v) is 17.0. The average Bonchev–Trinajstić information content (AvgIpc) is 3.22. The summed E-state index contributed by atoms with van der Waals surface area (Å²) in [6.07, 6.45) is 5.62. The maximum Gasteiger partial charge on any atom is 0.228 e. The van der Waals surface area contributed by atoms with Crippen molar-refractivity contribution in [2.45, 2.75) is 39.0 Å². The molecule has 3 heterocycles. The molecule has 2 aromatic rings. The highest BCUT2D eigenvalue weighted by molar-refractivity contribution is 5.81. The van der Waals surface area contributed by atoms with Crippen molar-refractivity contribution in [1.82, 2.24) is 14.8 Å². The molecule has 0 aliphatic carbocycles. The number of benzene rings is 1. The van der Waals surface area contributed by atoms with Crippen LogP contribution in [0.3, 0.4) is 0 Å². The molecule has 2 saturated heterocycles. The molecule has 2 aliphatic rings. The van der Waals surface area contributed by atoms with Crippen LogP contribution < -0.4 is 0 Å². The lowest BCUT2D eigenvalue weighted by atomic mass is 9.92. The third-order valence-electron chi connectivity index (χ3n) is 6.07. The number of carbonyl (C=O) groups is 2. The number of aromatic nitrogens is 1. The van der Waals surface area contributed by atoms with Crippen LogP contribution in [0.2, 0.25) is 0 Å². The van der Waals surface area contributed by atoms with Crippen molar-refractivity contribution >= 4 is 11.8 Å². The Bertz CT molecular complexity index is 840. The number of amides is 2. The van der Waals surface area contributed by atoms with Crippen molar-refractivity contribution in [2.75, 3.05) is 26.2 Å². The highest BCUT2D eigenvalue weighted by atomic mass is 16.3. The van der Waals surface area contributed by atoms with Gasteiger partial charge in [0, 0.05) is 37.7 Å². The largest absolute Gasteiger partial charge is 0.444 e. The smallest absolute Gasteiger partial charge is 0.228 e. The van der Waals surface area contributed by atoms with E-state index in [1.807, 2.05) is 40.1 Å². The van der Waals surface area contributed by atoms with Crippen LogP contribution in [-0.2, 0) is 16.0 Å². The van der Waals surface area contributed by atoms with E-state index < -0.39 is 0 Å². The van der Waals surface area contributed by atoms with Gasteiger partial charge in [0.1, 0.15) is 6.26 Å². The molecule has 4 rings (SSSR count). The molecule has 1 aromatic carbocycles. The molecule has 6 heteroatoms. The van der Waals surface area contributed by atoms with Gasteiger partial charge in [0.15, 0.2) is 0 Å². The lowest BCUT2D eigenvalue weighted by Crippen LogP contribution is -2.47. The van der Waals surface area contributed by atoms with Gasteiger partial charge in [0.2, 0.25) is 17.7 Å². The standard InChI is InChI=1S/C23H29N3O3/c1-17-6-5-11-26(15-17)23(28)19-9-12-25(13-10-19)21(27)14-20-16-29-22(24-20)18-7-3-2-4-8-18/h2-4,7-8,16-17,19H,5-6,9-15H2,1H3. The molecular formula is C23H29N3O3. The number of piperidine rings is 2. The summed E-state index contributed by atoms with van der Waals surface area (Å²) in [6.45, 7) is 5.27.